The van der Waals surface area contributed by atoms with Crippen LogP contribution in [0.3, 0.4) is 0 Å². The first-order chi connectivity index (χ1) is 24.5. The molecule has 6 N–H and O–H groups in total. The van der Waals surface area contributed by atoms with Crippen molar-refractivity contribution in [2.45, 2.75) is 60.3 Å². The summed E-state index contributed by atoms with van der Waals surface area (Å²) >= 11 is 0. The third-order valence-electron chi connectivity index (χ3n) is 9.77. The monoisotopic (exact) mass is 700 g/mol. The first-order valence-corrected chi connectivity index (χ1v) is 16.8. The van der Waals surface area contributed by atoms with Gasteiger partial charge in [-0.2, -0.15) is 10.1 Å². The number of benzene rings is 5. The molecule has 1 amide bonds. The molecule has 10 heteroatoms. The second kappa shape index (κ2) is 12.8. The molecule has 52 heavy (non-hydrogen) atoms. The van der Waals surface area contributed by atoms with Gasteiger partial charge in [-0.25, -0.2) is 0 Å². The zero-order chi connectivity index (χ0) is 38.1. The Morgan fingerprint density at radius 3 is 1.60 bits per heavy atom. The molecule has 6 rings (SSSR count). The highest BCUT2D eigenvalue weighted by atomic mass is 16.3. The number of hydrazone groups is 1. The summed E-state index contributed by atoms with van der Waals surface area (Å²) in [4.78, 5) is 26.2. The van der Waals surface area contributed by atoms with E-state index in [4.69, 9.17) is 0 Å². The van der Waals surface area contributed by atoms with Gasteiger partial charge >= 0.3 is 0 Å². The molecule has 0 unspecified atom stereocenters. The summed E-state index contributed by atoms with van der Waals surface area (Å²) in [5.41, 5.74) is 3.26. The van der Waals surface area contributed by atoms with E-state index in [1.807, 2.05) is 32.9 Å². The van der Waals surface area contributed by atoms with Crippen LogP contribution in [-0.4, -0.2) is 48.5 Å². The Morgan fingerprint density at radius 1 is 0.692 bits per heavy atom. The Kier molecular flexibility index (Phi) is 8.74. The quantitative estimate of drug-likeness (QED) is 0.0555. The van der Waals surface area contributed by atoms with Crippen LogP contribution in [-0.2, 0) is 4.79 Å². The number of carbonyl (C=O) groups is 2. The zero-order valence-electron chi connectivity index (χ0n) is 30.0. The van der Waals surface area contributed by atoms with Crippen molar-refractivity contribution in [3.8, 4) is 45.6 Å². The number of amides is 1. The maximum absolute atomic E-state index is 13.9. The lowest BCUT2D eigenvalue weighted by Crippen LogP contribution is -2.21. The number of fused-ring (bicyclic) bond motifs is 2. The number of nitrogens with zero attached hydrogens (tertiary/aromatic N) is 2. The van der Waals surface area contributed by atoms with Gasteiger partial charge in [-0.05, 0) is 78.8 Å². The van der Waals surface area contributed by atoms with Gasteiger partial charge in [0.2, 0.25) is 0 Å². The molecular formula is C42H40N2O8. The van der Waals surface area contributed by atoms with Gasteiger partial charge < -0.3 is 30.6 Å². The molecule has 0 atom stereocenters. The Hall–Kier alpha value is -6.29. The van der Waals surface area contributed by atoms with Crippen LogP contribution in [0.5, 0.6) is 34.5 Å². The van der Waals surface area contributed by atoms with E-state index in [0.29, 0.717) is 45.0 Å². The molecule has 0 fully saturated rings. The van der Waals surface area contributed by atoms with Gasteiger partial charge in [0.05, 0.1) is 22.5 Å². The van der Waals surface area contributed by atoms with E-state index in [9.17, 15) is 40.2 Å². The molecule has 0 saturated heterocycles. The standard InChI is InChI=1S/C42H40N2O8/c1-9-29-24(42(52)44(43-29)23-12-10-20(6)11-13-23)16-27-34-25(30(18(2)3)40(50)36(27)46)14-21(7)32(38(34)48)33-22(8)15-26-31(19(4)5)41(51)37(47)28(17-45)35(26)39(33)49/h9-19,46-51H,1H2,2-8H3/b24-16-. The van der Waals surface area contributed by atoms with Crippen LogP contribution in [0, 0.1) is 20.8 Å². The van der Waals surface area contributed by atoms with Crippen LogP contribution in [0.25, 0.3) is 38.7 Å². The number of phenolic OH excluding ortho intramolecular Hbond substituents is 6. The third-order valence-corrected chi connectivity index (χ3v) is 9.77. The van der Waals surface area contributed by atoms with Crippen LogP contribution < -0.4 is 5.01 Å². The molecule has 0 aliphatic carbocycles. The fourth-order valence-corrected chi connectivity index (χ4v) is 7.35. The summed E-state index contributed by atoms with van der Waals surface area (Å²) in [7, 11) is 0. The molecule has 5 aromatic carbocycles. The molecule has 1 aliphatic rings. The number of carbonyl (C=O) groups excluding carboxylic acids is 2. The molecule has 0 bridgehead atoms. The second-order valence-corrected chi connectivity index (χ2v) is 13.9. The number of allylic oxidation sites excluding steroid dienone is 1. The largest absolute Gasteiger partial charge is 0.507 e. The predicted octanol–water partition coefficient (Wildman–Crippen LogP) is 8.85. The van der Waals surface area contributed by atoms with Gasteiger partial charge in [0.15, 0.2) is 29.3 Å². The first-order valence-electron chi connectivity index (χ1n) is 16.8. The number of rotatable bonds is 7. The molecule has 0 saturated carbocycles. The Bertz CT molecular complexity index is 2450. The number of aldehydes is 1. The number of phenols is 6. The highest BCUT2D eigenvalue weighted by molar-refractivity contribution is 6.36. The molecule has 0 aromatic heterocycles. The number of aromatic hydroxyl groups is 6. The molecule has 0 radical (unpaired) electrons. The van der Waals surface area contributed by atoms with Gasteiger partial charge in [0.1, 0.15) is 11.5 Å². The van der Waals surface area contributed by atoms with Crippen molar-refractivity contribution in [1.82, 2.24) is 0 Å². The van der Waals surface area contributed by atoms with Crippen LogP contribution in [0.15, 0.2) is 59.7 Å². The second-order valence-electron chi connectivity index (χ2n) is 13.9. The highest BCUT2D eigenvalue weighted by Gasteiger charge is 2.33. The summed E-state index contributed by atoms with van der Waals surface area (Å²) in [6.45, 7) is 16.4. The molecule has 10 nitrogen and oxygen atoms in total. The maximum atomic E-state index is 13.9. The maximum Gasteiger partial charge on any atom is 0.281 e. The summed E-state index contributed by atoms with van der Waals surface area (Å²) < 4.78 is 0. The van der Waals surface area contributed by atoms with Gasteiger partial charge in [-0.3, -0.25) is 9.59 Å². The number of hydrogen-bond donors (Lipinski definition) is 6. The third kappa shape index (κ3) is 5.21. The summed E-state index contributed by atoms with van der Waals surface area (Å²) in [6.07, 6.45) is 3.10. The molecule has 5 aromatic rings. The normalized spacial score (nSPS) is 14.0. The summed E-state index contributed by atoms with van der Waals surface area (Å²) in [5, 5.41) is 75.6. The molecule has 1 aliphatic heterocycles. The van der Waals surface area contributed by atoms with Gasteiger partial charge in [-0.15, -0.1) is 0 Å². The Labute approximate surface area is 300 Å². The van der Waals surface area contributed by atoms with Crippen molar-refractivity contribution in [1.29, 1.82) is 0 Å². The molecule has 1 heterocycles. The minimum atomic E-state index is -0.674. The van der Waals surface area contributed by atoms with E-state index in [1.54, 1.807) is 52.0 Å². The molecule has 0 spiro atoms. The SMILES string of the molecule is C=CC1=NN(c2ccc(C)cc2)C(=O)/C1=C\c1c(O)c(O)c(C(C)C)c2cc(C)c(-c3c(C)cc4c(C(C)C)c(O)c(O)c(C=O)c4c3O)c(O)c12. The van der Waals surface area contributed by atoms with E-state index in [1.165, 1.54) is 17.2 Å². The van der Waals surface area contributed by atoms with Crippen molar-refractivity contribution in [3.63, 3.8) is 0 Å². The van der Waals surface area contributed by atoms with Crippen molar-refractivity contribution < 1.29 is 40.2 Å². The topological polar surface area (TPSA) is 171 Å². The summed E-state index contributed by atoms with van der Waals surface area (Å²) in [6, 6.07) is 10.6. The highest BCUT2D eigenvalue weighted by Crippen LogP contribution is 2.55. The van der Waals surface area contributed by atoms with E-state index in [-0.39, 0.29) is 61.9 Å². The average Bonchev–Trinajstić information content (AvgIpc) is 3.40. The van der Waals surface area contributed by atoms with E-state index < -0.39 is 34.7 Å². The summed E-state index contributed by atoms with van der Waals surface area (Å²) in [5.74, 6) is -4.09. The fraction of sp³-hybridized carbons (Fsp3) is 0.214. The lowest BCUT2D eigenvalue weighted by atomic mass is 9.83. The van der Waals surface area contributed by atoms with Crippen molar-refractivity contribution in [3.05, 3.63) is 93.6 Å². The van der Waals surface area contributed by atoms with Crippen molar-refractivity contribution in [2.75, 3.05) is 5.01 Å². The van der Waals surface area contributed by atoms with Crippen molar-refractivity contribution >= 4 is 51.2 Å². The van der Waals surface area contributed by atoms with Crippen molar-refractivity contribution in [2.24, 2.45) is 5.10 Å². The van der Waals surface area contributed by atoms with Gasteiger partial charge in [0, 0.05) is 38.6 Å². The van der Waals surface area contributed by atoms with Gasteiger partial charge in [-0.1, -0.05) is 64.1 Å². The molecule has 266 valence electrons. The van der Waals surface area contributed by atoms with E-state index in [0.717, 1.165) is 5.56 Å². The fourth-order valence-electron chi connectivity index (χ4n) is 7.35. The minimum absolute atomic E-state index is 0.00755. The number of hydrogen-bond acceptors (Lipinski definition) is 9. The Morgan fingerprint density at radius 2 is 1.15 bits per heavy atom. The van der Waals surface area contributed by atoms with E-state index >= 15 is 0 Å². The zero-order valence-corrected chi connectivity index (χ0v) is 30.0. The van der Waals surface area contributed by atoms with E-state index in [2.05, 4.69) is 11.7 Å². The Balaban J connectivity index is 1.72. The van der Waals surface area contributed by atoms with Crippen LogP contribution in [0.1, 0.15) is 83.3 Å². The first kappa shape index (κ1) is 35.5. The van der Waals surface area contributed by atoms with Crippen LogP contribution >= 0.6 is 0 Å². The average molecular weight is 701 g/mol. The van der Waals surface area contributed by atoms with Gasteiger partial charge in [0.25, 0.3) is 5.91 Å². The van der Waals surface area contributed by atoms with Crippen LogP contribution in [0.4, 0.5) is 5.69 Å². The number of anilines is 1. The molecular weight excluding hydrogens is 660 g/mol. The lowest BCUT2D eigenvalue weighted by Gasteiger charge is -2.23. The number of aryl methyl sites for hydroxylation is 3. The van der Waals surface area contributed by atoms with Crippen LogP contribution in [0.2, 0.25) is 0 Å². The lowest BCUT2D eigenvalue weighted by molar-refractivity contribution is -0.114. The predicted molar refractivity (Wildman–Crippen MR) is 204 cm³/mol. The smallest absolute Gasteiger partial charge is 0.281 e. The minimum Gasteiger partial charge on any atom is -0.507 e.